The fraction of sp³-hybridized carbons (Fsp3) is 0.235. The zero-order chi connectivity index (χ0) is 18.0. The molecule has 0 fully saturated rings. The van der Waals surface area contributed by atoms with Crippen molar-refractivity contribution in [2.24, 2.45) is 0 Å². The number of nitrogens with zero attached hydrogens (tertiary/aromatic N) is 2. The van der Waals surface area contributed by atoms with Crippen molar-refractivity contribution in [1.82, 2.24) is 10.2 Å². The fourth-order valence-electron chi connectivity index (χ4n) is 2.34. The molecule has 0 radical (unpaired) electrons. The third kappa shape index (κ3) is 3.47. The van der Waals surface area contributed by atoms with Gasteiger partial charge in [0.15, 0.2) is 0 Å². The molecule has 0 spiro atoms. The molecule has 0 bridgehead atoms. The number of furan rings is 1. The number of nitrogens with one attached hydrogen (secondary N) is 1. The van der Waals surface area contributed by atoms with E-state index in [1.165, 1.54) is 0 Å². The molecule has 0 aliphatic carbocycles. The van der Waals surface area contributed by atoms with E-state index in [1.807, 2.05) is 0 Å². The first-order valence-electron chi connectivity index (χ1n) is 7.45. The van der Waals surface area contributed by atoms with Gasteiger partial charge < -0.3 is 18.3 Å². The Morgan fingerprint density at radius 1 is 1.00 bits per heavy atom. The summed E-state index contributed by atoms with van der Waals surface area (Å²) in [4.78, 5) is 12.3. The quantitative estimate of drug-likeness (QED) is 0.759. The van der Waals surface area contributed by atoms with Crippen LogP contribution in [0.4, 0.5) is 6.01 Å². The third-order valence-electron chi connectivity index (χ3n) is 3.53. The van der Waals surface area contributed by atoms with E-state index >= 15 is 0 Å². The van der Waals surface area contributed by atoms with Crippen LogP contribution in [-0.2, 0) is 0 Å². The lowest BCUT2D eigenvalue weighted by Crippen LogP contribution is -2.12. The van der Waals surface area contributed by atoms with Crippen molar-refractivity contribution >= 4 is 11.9 Å². The number of methoxy groups -OCH3 is 2. The second kappa shape index (κ2) is 6.68. The fourth-order valence-corrected chi connectivity index (χ4v) is 2.34. The molecule has 0 aliphatic rings. The predicted molar refractivity (Wildman–Crippen MR) is 89.0 cm³/mol. The van der Waals surface area contributed by atoms with Gasteiger partial charge in [-0.15, -0.1) is 5.10 Å². The summed E-state index contributed by atoms with van der Waals surface area (Å²) in [6.45, 7) is 3.48. The largest absolute Gasteiger partial charge is 0.497 e. The highest BCUT2D eigenvalue weighted by Crippen LogP contribution is 2.29. The normalized spacial score (nSPS) is 10.6. The van der Waals surface area contributed by atoms with E-state index in [0.29, 0.717) is 34.1 Å². The summed E-state index contributed by atoms with van der Waals surface area (Å²) in [5.74, 6) is 2.19. The van der Waals surface area contributed by atoms with Gasteiger partial charge in [0.25, 0.3) is 5.91 Å². The van der Waals surface area contributed by atoms with Crippen LogP contribution in [0.3, 0.4) is 0 Å². The standard InChI is InChI=1S/C17H17N3O5/c1-9-5-14(10(2)24-9)15(21)18-17-20-19-16(25-17)11-6-12(22-3)8-13(7-11)23-4/h5-8H,1-4H3,(H,18,20,21). The first-order valence-corrected chi connectivity index (χ1v) is 7.45. The number of rotatable bonds is 5. The summed E-state index contributed by atoms with van der Waals surface area (Å²) in [6, 6.07) is 6.82. The summed E-state index contributed by atoms with van der Waals surface area (Å²) in [6.07, 6.45) is 0. The Balaban J connectivity index is 1.83. The molecule has 0 aliphatic heterocycles. The number of aryl methyl sites for hydroxylation is 2. The van der Waals surface area contributed by atoms with Crippen LogP contribution in [-0.4, -0.2) is 30.3 Å². The molecule has 2 heterocycles. The molecule has 8 nitrogen and oxygen atoms in total. The molecule has 25 heavy (non-hydrogen) atoms. The Morgan fingerprint density at radius 3 is 2.24 bits per heavy atom. The molecular weight excluding hydrogens is 326 g/mol. The summed E-state index contributed by atoms with van der Waals surface area (Å²) < 4.78 is 21.3. The van der Waals surface area contributed by atoms with Gasteiger partial charge in [-0.05, 0) is 32.0 Å². The van der Waals surface area contributed by atoms with E-state index in [1.54, 1.807) is 52.3 Å². The number of carbonyl (C=O) groups excluding carboxylic acids is 1. The van der Waals surface area contributed by atoms with E-state index in [-0.39, 0.29) is 17.8 Å². The Labute approximate surface area is 143 Å². The average molecular weight is 343 g/mol. The number of hydrogen-bond acceptors (Lipinski definition) is 7. The molecule has 0 unspecified atom stereocenters. The predicted octanol–water partition coefficient (Wildman–Crippen LogP) is 3.22. The maximum atomic E-state index is 12.3. The molecule has 1 aromatic carbocycles. The van der Waals surface area contributed by atoms with Gasteiger partial charge >= 0.3 is 6.01 Å². The third-order valence-corrected chi connectivity index (χ3v) is 3.53. The van der Waals surface area contributed by atoms with Gasteiger partial charge in [-0.3, -0.25) is 10.1 Å². The molecule has 0 saturated heterocycles. The minimum absolute atomic E-state index is 0.0139. The van der Waals surface area contributed by atoms with Gasteiger partial charge in [-0.2, -0.15) is 0 Å². The van der Waals surface area contributed by atoms with E-state index in [4.69, 9.17) is 18.3 Å². The highest BCUT2D eigenvalue weighted by molar-refractivity contribution is 6.03. The molecule has 130 valence electrons. The molecule has 3 aromatic rings. The van der Waals surface area contributed by atoms with E-state index in [9.17, 15) is 4.79 Å². The van der Waals surface area contributed by atoms with Crippen molar-refractivity contribution in [3.8, 4) is 23.0 Å². The van der Waals surface area contributed by atoms with Crippen LogP contribution in [0.5, 0.6) is 11.5 Å². The van der Waals surface area contributed by atoms with Gasteiger partial charge in [0, 0.05) is 11.6 Å². The van der Waals surface area contributed by atoms with Crippen LogP contribution in [0.25, 0.3) is 11.5 Å². The Hall–Kier alpha value is -3.29. The topological polar surface area (TPSA) is 99.6 Å². The van der Waals surface area contributed by atoms with Crippen LogP contribution in [0.1, 0.15) is 21.9 Å². The number of carbonyl (C=O) groups is 1. The van der Waals surface area contributed by atoms with Crippen LogP contribution in [0.15, 0.2) is 33.1 Å². The van der Waals surface area contributed by atoms with Crippen LogP contribution in [0, 0.1) is 13.8 Å². The second-order valence-electron chi connectivity index (χ2n) is 5.29. The number of amides is 1. The second-order valence-corrected chi connectivity index (χ2v) is 5.29. The lowest BCUT2D eigenvalue weighted by Gasteiger charge is -2.05. The molecule has 3 rings (SSSR count). The highest BCUT2D eigenvalue weighted by Gasteiger charge is 2.17. The van der Waals surface area contributed by atoms with Gasteiger partial charge in [-0.25, -0.2) is 0 Å². The molecule has 1 amide bonds. The Kier molecular flexibility index (Phi) is 4.42. The van der Waals surface area contributed by atoms with Crippen molar-refractivity contribution in [2.45, 2.75) is 13.8 Å². The van der Waals surface area contributed by atoms with Gasteiger partial charge in [-0.1, -0.05) is 5.10 Å². The maximum absolute atomic E-state index is 12.3. The number of hydrogen-bond donors (Lipinski definition) is 1. The number of benzene rings is 1. The minimum atomic E-state index is -0.382. The highest BCUT2D eigenvalue weighted by atomic mass is 16.5. The van der Waals surface area contributed by atoms with Gasteiger partial charge in [0.2, 0.25) is 5.89 Å². The lowest BCUT2D eigenvalue weighted by molar-refractivity contribution is 0.102. The van der Waals surface area contributed by atoms with Crippen LogP contribution >= 0.6 is 0 Å². The Morgan fingerprint density at radius 2 is 1.68 bits per heavy atom. The van der Waals surface area contributed by atoms with E-state index < -0.39 is 0 Å². The van der Waals surface area contributed by atoms with Gasteiger partial charge in [0.1, 0.15) is 23.0 Å². The van der Waals surface area contributed by atoms with Crippen molar-refractivity contribution in [2.75, 3.05) is 19.5 Å². The van der Waals surface area contributed by atoms with Crippen molar-refractivity contribution in [1.29, 1.82) is 0 Å². The monoisotopic (exact) mass is 343 g/mol. The average Bonchev–Trinajstić information content (AvgIpc) is 3.20. The Bertz CT molecular complexity index is 891. The molecule has 0 atom stereocenters. The summed E-state index contributed by atoms with van der Waals surface area (Å²) in [5, 5.41) is 10.3. The van der Waals surface area contributed by atoms with Crippen LogP contribution in [0.2, 0.25) is 0 Å². The van der Waals surface area contributed by atoms with Gasteiger partial charge in [0.05, 0.1) is 19.8 Å². The first-order chi connectivity index (χ1) is 12.0. The molecular formula is C17H17N3O5. The zero-order valence-corrected chi connectivity index (χ0v) is 14.2. The number of anilines is 1. The maximum Gasteiger partial charge on any atom is 0.322 e. The molecule has 2 aromatic heterocycles. The SMILES string of the molecule is COc1cc(OC)cc(-c2nnc(NC(=O)c3cc(C)oc3C)o2)c1. The summed E-state index contributed by atoms with van der Waals surface area (Å²) in [5.41, 5.74) is 1.03. The van der Waals surface area contributed by atoms with Crippen molar-refractivity contribution in [3.63, 3.8) is 0 Å². The zero-order valence-electron chi connectivity index (χ0n) is 14.2. The van der Waals surface area contributed by atoms with E-state index in [0.717, 1.165) is 0 Å². The van der Waals surface area contributed by atoms with E-state index in [2.05, 4.69) is 15.5 Å². The number of ether oxygens (including phenoxy) is 2. The molecule has 0 saturated carbocycles. The lowest BCUT2D eigenvalue weighted by atomic mass is 10.2. The smallest absolute Gasteiger partial charge is 0.322 e. The summed E-state index contributed by atoms with van der Waals surface area (Å²) >= 11 is 0. The number of aromatic nitrogens is 2. The molecule has 8 heteroatoms. The van der Waals surface area contributed by atoms with Crippen molar-refractivity contribution < 1.29 is 23.1 Å². The van der Waals surface area contributed by atoms with Crippen molar-refractivity contribution in [3.05, 3.63) is 41.3 Å². The molecule has 1 N–H and O–H groups in total. The first kappa shape index (κ1) is 16.6. The summed E-state index contributed by atoms with van der Waals surface area (Å²) in [7, 11) is 3.10. The minimum Gasteiger partial charge on any atom is -0.497 e. The van der Waals surface area contributed by atoms with Crippen LogP contribution < -0.4 is 14.8 Å².